The molecule has 7 rings (SSSR count). The lowest BCUT2D eigenvalue weighted by atomic mass is 10.1. The summed E-state index contributed by atoms with van der Waals surface area (Å²) in [6.45, 7) is 12.3. The van der Waals surface area contributed by atoms with E-state index in [1.54, 1.807) is 0 Å². The van der Waals surface area contributed by atoms with Crippen LogP contribution in [0, 0.1) is 0 Å². The monoisotopic (exact) mass is 655 g/mol. The number of hydrogen-bond donors (Lipinski definition) is 6. The van der Waals surface area contributed by atoms with Crippen LogP contribution in [0.5, 0.6) is 0 Å². The van der Waals surface area contributed by atoms with Gasteiger partial charge in [-0.3, -0.25) is 4.90 Å². The second-order valence-corrected chi connectivity index (χ2v) is 13.2. The minimum Gasteiger partial charge on any atom is -0.329 e. The molecule has 254 valence electrons. The van der Waals surface area contributed by atoms with Crippen LogP contribution in [-0.2, 0) is 26.2 Å². The fraction of sp³-hybridized carbons (Fsp3) is 0.350. The van der Waals surface area contributed by atoms with E-state index < -0.39 is 0 Å². The Bertz CT molecular complexity index is 1870. The molecule has 1 aliphatic heterocycles. The Kier molecular flexibility index (Phi) is 11.3. The molecule has 0 radical (unpaired) electrons. The summed E-state index contributed by atoms with van der Waals surface area (Å²) >= 11 is 0. The van der Waals surface area contributed by atoms with Crippen molar-refractivity contribution >= 4 is 43.6 Å². The van der Waals surface area contributed by atoms with Gasteiger partial charge in [-0.05, 0) is 82.9 Å². The minimum absolute atomic E-state index is 0.657. The lowest BCUT2D eigenvalue weighted by molar-refractivity contribution is 0.279. The van der Waals surface area contributed by atoms with Gasteiger partial charge in [0, 0.05) is 113 Å². The van der Waals surface area contributed by atoms with Crippen molar-refractivity contribution in [2.45, 2.75) is 26.2 Å². The molecule has 7 N–H and O–H groups in total. The normalized spacial score (nSPS) is 17.0. The van der Waals surface area contributed by atoms with Gasteiger partial charge in [0.1, 0.15) is 0 Å². The molecular formula is C40H49N9. The quantitative estimate of drug-likeness (QED) is 0.154. The van der Waals surface area contributed by atoms with Gasteiger partial charge in [-0.15, -0.1) is 0 Å². The molecule has 0 fully saturated rings. The maximum atomic E-state index is 5.98. The zero-order chi connectivity index (χ0) is 33.3. The highest BCUT2D eigenvalue weighted by Gasteiger charge is 2.07. The molecule has 8 bridgehead atoms. The van der Waals surface area contributed by atoms with Gasteiger partial charge in [-0.2, -0.15) is 0 Å². The van der Waals surface area contributed by atoms with Crippen molar-refractivity contribution in [3.8, 4) is 0 Å². The predicted molar refractivity (Wildman–Crippen MR) is 204 cm³/mol. The molecular weight excluding hydrogens is 607 g/mol. The summed E-state index contributed by atoms with van der Waals surface area (Å²) in [5.74, 6) is 0. The molecule has 0 spiro atoms. The van der Waals surface area contributed by atoms with E-state index in [0.717, 1.165) is 107 Å². The highest BCUT2D eigenvalue weighted by molar-refractivity contribution is 5.94. The van der Waals surface area contributed by atoms with Gasteiger partial charge in [0.25, 0.3) is 0 Å². The molecule has 2 aromatic heterocycles. The zero-order valence-corrected chi connectivity index (χ0v) is 28.4. The van der Waals surface area contributed by atoms with Gasteiger partial charge < -0.3 is 32.3 Å². The smallest absolute Gasteiger partial charge is 0.0709 e. The van der Waals surface area contributed by atoms with E-state index >= 15 is 0 Å². The molecule has 4 aromatic carbocycles. The van der Waals surface area contributed by atoms with Gasteiger partial charge in [-0.25, -0.2) is 9.97 Å². The molecule has 0 saturated carbocycles. The van der Waals surface area contributed by atoms with Crippen LogP contribution in [0.3, 0.4) is 0 Å². The summed E-state index contributed by atoms with van der Waals surface area (Å²) in [6.07, 6.45) is 0. The third-order valence-electron chi connectivity index (χ3n) is 9.40. The van der Waals surface area contributed by atoms with Gasteiger partial charge in [0.2, 0.25) is 0 Å². The maximum absolute atomic E-state index is 5.98. The minimum atomic E-state index is 0.657. The Labute approximate surface area is 289 Å². The first-order valence-corrected chi connectivity index (χ1v) is 17.8. The lowest BCUT2D eigenvalue weighted by Crippen LogP contribution is -2.39. The van der Waals surface area contributed by atoms with Crippen LogP contribution in [-0.4, -0.2) is 80.3 Å². The van der Waals surface area contributed by atoms with Crippen molar-refractivity contribution < 1.29 is 0 Å². The third kappa shape index (κ3) is 8.95. The van der Waals surface area contributed by atoms with Gasteiger partial charge in [0.05, 0.1) is 22.1 Å². The first kappa shape index (κ1) is 33.4. The molecule has 6 aromatic rings. The van der Waals surface area contributed by atoms with Gasteiger partial charge >= 0.3 is 0 Å². The third-order valence-corrected chi connectivity index (χ3v) is 9.40. The summed E-state index contributed by atoms with van der Waals surface area (Å²) in [6, 6.07) is 31.0. The van der Waals surface area contributed by atoms with Crippen molar-refractivity contribution in [1.82, 2.24) is 41.5 Å². The first-order valence-electron chi connectivity index (χ1n) is 17.8. The summed E-state index contributed by atoms with van der Waals surface area (Å²) < 4.78 is 0. The topological polar surface area (TPSA) is 115 Å². The molecule has 0 saturated heterocycles. The van der Waals surface area contributed by atoms with Crippen LogP contribution in [0.2, 0.25) is 0 Å². The fourth-order valence-electron chi connectivity index (χ4n) is 6.72. The number of rotatable bonds is 2. The zero-order valence-electron chi connectivity index (χ0n) is 28.4. The molecule has 3 heterocycles. The second kappa shape index (κ2) is 16.6. The fourth-order valence-corrected chi connectivity index (χ4v) is 6.72. The standard InChI is InChI=1S/C40H49N9/c41-9-16-49-17-14-45-27-31-3-7-39-35(21-31)23-33-19-29(1-5-37(33)47-39)25-43-12-10-42-11-13-44-26-30-2-6-38-34(20-30)24-36-22-32(28-46-15-18-49)4-8-40(36)48-38/h1-8,19-24,42-46H,9-18,25-28,41H2. The van der Waals surface area contributed by atoms with Gasteiger partial charge in [0.15, 0.2) is 0 Å². The summed E-state index contributed by atoms with van der Waals surface area (Å²) in [7, 11) is 0. The number of pyridine rings is 2. The number of nitrogens with two attached hydrogens (primary N) is 1. The van der Waals surface area contributed by atoms with E-state index in [9.17, 15) is 0 Å². The van der Waals surface area contributed by atoms with Gasteiger partial charge in [-0.1, -0.05) is 24.3 Å². The Morgan fingerprint density at radius 1 is 0.449 bits per heavy atom. The van der Waals surface area contributed by atoms with Crippen LogP contribution in [0.4, 0.5) is 0 Å². The lowest BCUT2D eigenvalue weighted by Gasteiger charge is -2.22. The van der Waals surface area contributed by atoms with E-state index in [1.165, 1.54) is 43.8 Å². The van der Waals surface area contributed by atoms with Crippen molar-refractivity contribution in [3.05, 3.63) is 107 Å². The SMILES string of the molecule is NCCN1CCNCc2ccc3nc4ccc(cc4cc3c2)CNCCNCCNCc2ccc3nc4ccc(cc4cc3c2)CNCC1. The Balaban J connectivity index is 1.03. The van der Waals surface area contributed by atoms with Crippen molar-refractivity contribution in [1.29, 1.82) is 0 Å². The van der Waals surface area contributed by atoms with E-state index in [1.807, 2.05) is 0 Å². The summed E-state index contributed by atoms with van der Waals surface area (Å²) in [5.41, 5.74) is 15.2. The molecule has 0 atom stereocenters. The molecule has 9 heteroatoms. The summed E-state index contributed by atoms with van der Waals surface area (Å²) in [5, 5.41) is 22.7. The highest BCUT2D eigenvalue weighted by Crippen LogP contribution is 2.23. The van der Waals surface area contributed by atoms with E-state index in [0.29, 0.717) is 6.54 Å². The van der Waals surface area contributed by atoms with Crippen LogP contribution < -0.4 is 32.3 Å². The average Bonchev–Trinajstić information content (AvgIpc) is 3.12. The Morgan fingerprint density at radius 3 is 1.16 bits per heavy atom. The first-order chi connectivity index (χ1) is 24.2. The van der Waals surface area contributed by atoms with E-state index in [-0.39, 0.29) is 0 Å². The van der Waals surface area contributed by atoms with Crippen LogP contribution in [0.15, 0.2) is 84.9 Å². The van der Waals surface area contributed by atoms with Crippen LogP contribution in [0.1, 0.15) is 22.3 Å². The van der Waals surface area contributed by atoms with E-state index in [2.05, 4.69) is 116 Å². The predicted octanol–water partition coefficient (Wildman–Crippen LogP) is 4.01. The highest BCUT2D eigenvalue weighted by atomic mass is 15.2. The largest absolute Gasteiger partial charge is 0.329 e. The molecule has 9 nitrogen and oxygen atoms in total. The van der Waals surface area contributed by atoms with E-state index in [4.69, 9.17) is 15.7 Å². The number of nitrogens with one attached hydrogen (secondary N) is 5. The Morgan fingerprint density at radius 2 is 0.796 bits per heavy atom. The molecule has 0 aliphatic carbocycles. The average molecular weight is 656 g/mol. The molecule has 0 unspecified atom stereocenters. The molecule has 1 aliphatic rings. The van der Waals surface area contributed by atoms with Crippen LogP contribution >= 0.6 is 0 Å². The van der Waals surface area contributed by atoms with Crippen molar-refractivity contribution in [3.63, 3.8) is 0 Å². The summed E-state index contributed by atoms with van der Waals surface area (Å²) in [4.78, 5) is 12.3. The number of hydrogen-bond acceptors (Lipinski definition) is 9. The van der Waals surface area contributed by atoms with Crippen molar-refractivity contribution in [2.75, 3.05) is 65.4 Å². The molecule has 0 amide bonds. The van der Waals surface area contributed by atoms with Crippen LogP contribution in [0.25, 0.3) is 43.6 Å². The molecule has 49 heavy (non-hydrogen) atoms. The number of nitrogens with zero attached hydrogens (tertiary/aromatic N) is 3. The Hall–Kier alpha value is -4.06. The number of benzene rings is 4. The maximum Gasteiger partial charge on any atom is 0.0709 e. The second-order valence-electron chi connectivity index (χ2n) is 13.2. The number of fused-ring (bicyclic) bond motifs is 4. The van der Waals surface area contributed by atoms with Crippen molar-refractivity contribution in [2.24, 2.45) is 5.73 Å². The number of aromatic nitrogens is 2.